The lowest BCUT2D eigenvalue weighted by molar-refractivity contribution is -0.143. The van der Waals surface area contributed by atoms with Crippen molar-refractivity contribution >= 4 is 34.7 Å². The van der Waals surface area contributed by atoms with Crippen LogP contribution < -0.4 is 4.74 Å². The Hall–Kier alpha value is -2.44. The lowest BCUT2D eigenvalue weighted by Gasteiger charge is -2.48. The second-order valence-electron chi connectivity index (χ2n) is 10.2. The van der Waals surface area contributed by atoms with Crippen molar-refractivity contribution < 1.29 is 24.2 Å². The number of hydrogen-bond acceptors (Lipinski definition) is 7. The van der Waals surface area contributed by atoms with Gasteiger partial charge in [-0.25, -0.2) is 14.5 Å². The Balaban J connectivity index is 1.46. The molecule has 0 radical (unpaired) electrons. The number of ether oxygens (including phenoxy) is 2. The quantitative estimate of drug-likeness (QED) is 0.277. The van der Waals surface area contributed by atoms with E-state index in [1.165, 1.54) is 0 Å². The van der Waals surface area contributed by atoms with E-state index in [0.717, 1.165) is 44.9 Å². The average molecular weight is 626 g/mol. The second-order valence-corrected chi connectivity index (χ2v) is 10.8. The molecule has 0 aromatic carbocycles. The maximum Gasteiger partial charge on any atom is 0.410 e. The number of carbonyl (C=O) groups excluding carboxylic acids is 1. The molecular formula is C26H36IN5O5. The van der Waals surface area contributed by atoms with Gasteiger partial charge in [-0.1, -0.05) is 41.1 Å². The Morgan fingerprint density at radius 3 is 2.68 bits per heavy atom. The van der Waals surface area contributed by atoms with Gasteiger partial charge < -0.3 is 19.5 Å². The minimum Gasteiger partial charge on any atom is -0.489 e. The number of carboxylic acid groups (broad SMARTS) is 1. The van der Waals surface area contributed by atoms with Crippen LogP contribution in [-0.4, -0.2) is 60.7 Å². The molecule has 2 aromatic rings. The number of carbonyl (C=O) groups is 2. The highest BCUT2D eigenvalue weighted by Crippen LogP contribution is 2.41. The zero-order chi connectivity index (χ0) is 26.6. The van der Waals surface area contributed by atoms with Crippen molar-refractivity contribution in [3.8, 4) is 17.1 Å². The molecule has 2 saturated carbocycles. The van der Waals surface area contributed by atoms with Crippen LogP contribution in [0.3, 0.4) is 0 Å². The normalized spacial score (nSPS) is 20.6. The molecule has 1 N–H and O–H groups in total. The smallest absolute Gasteiger partial charge is 0.410 e. The first-order chi connectivity index (χ1) is 17.8. The van der Waals surface area contributed by atoms with Crippen LogP contribution in [-0.2, 0) is 20.7 Å². The van der Waals surface area contributed by atoms with Crippen LogP contribution >= 0.6 is 22.6 Å². The van der Waals surface area contributed by atoms with Gasteiger partial charge in [-0.15, -0.1) is 5.10 Å². The number of hydrogen-bond donors (Lipinski definition) is 1. The minimum absolute atomic E-state index is 0.0499. The maximum absolute atomic E-state index is 12.9. The lowest BCUT2D eigenvalue weighted by atomic mass is 9.73. The Morgan fingerprint density at radius 1 is 1.27 bits per heavy atom. The molecule has 1 amide bonds. The third-order valence-corrected chi connectivity index (χ3v) is 8.46. The Labute approximate surface area is 231 Å². The zero-order valence-corrected chi connectivity index (χ0v) is 23.9. The van der Waals surface area contributed by atoms with Gasteiger partial charge in [0.05, 0.1) is 28.0 Å². The first kappa shape index (κ1) is 27.6. The van der Waals surface area contributed by atoms with Gasteiger partial charge in [-0.05, 0) is 70.4 Å². The molecule has 2 aliphatic carbocycles. The van der Waals surface area contributed by atoms with Crippen molar-refractivity contribution in [1.29, 1.82) is 0 Å². The molecule has 11 heteroatoms. The summed E-state index contributed by atoms with van der Waals surface area (Å²) in [5.41, 5.74) is 2.47. The van der Waals surface area contributed by atoms with Crippen LogP contribution in [0.1, 0.15) is 76.1 Å². The van der Waals surface area contributed by atoms with Gasteiger partial charge in [-0.2, -0.15) is 0 Å². The fraction of sp³-hybridized carbons (Fsp3) is 0.654. The monoisotopic (exact) mass is 625 g/mol. The molecule has 4 rings (SSSR count). The van der Waals surface area contributed by atoms with Crippen LogP contribution in [0.2, 0.25) is 0 Å². The number of aromatic nitrogens is 4. The fourth-order valence-corrected chi connectivity index (χ4v) is 6.00. The first-order valence-corrected chi connectivity index (χ1v) is 14.6. The summed E-state index contributed by atoms with van der Waals surface area (Å²) in [5, 5.41) is 17.9. The first-order valence-electron chi connectivity index (χ1n) is 13.0. The molecule has 2 atom stereocenters. The Kier molecular flexibility index (Phi) is 8.91. The van der Waals surface area contributed by atoms with Gasteiger partial charge in [0.25, 0.3) is 0 Å². The SMILES string of the molecule is CCCC1(N(C)C(=O)OCc2c(-c3ccc(O[C@H]4CCC[C@H](C(=O)O)C4)c(C)n3)nnn2CI)CCC1. The standard InChI is InChI=1S/C26H36IN5O5/c1-4-11-26(12-6-13-26)31(3)25(35)36-15-21-23(29-30-32(21)16-27)20-9-10-22(17(2)28-20)37-19-8-5-7-18(14-19)24(33)34/h9-10,18-19H,4-8,11-16H2,1-3H3,(H,33,34)/t18-,19-/m0/s1. The predicted octanol–water partition coefficient (Wildman–Crippen LogP) is 5.35. The number of pyridine rings is 1. The highest BCUT2D eigenvalue weighted by Gasteiger charge is 2.42. The van der Waals surface area contributed by atoms with Crippen molar-refractivity contribution in [1.82, 2.24) is 24.9 Å². The summed E-state index contributed by atoms with van der Waals surface area (Å²) in [6, 6.07) is 3.67. The third kappa shape index (κ3) is 6.01. The van der Waals surface area contributed by atoms with E-state index in [1.807, 2.05) is 26.1 Å². The molecule has 10 nitrogen and oxygen atoms in total. The minimum atomic E-state index is -0.760. The van der Waals surface area contributed by atoms with Gasteiger partial charge in [0, 0.05) is 12.6 Å². The maximum atomic E-state index is 12.9. The summed E-state index contributed by atoms with van der Waals surface area (Å²) in [4.78, 5) is 30.8. The van der Waals surface area contributed by atoms with Crippen molar-refractivity contribution in [3.05, 3.63) is 23.5 Å². The molecule has 0 saturated heterocycles. The van der Waals surface area contributed by atoms with Crippen molar-refractivity contribution in [3.63, 3.8) is 0 Å². The van der Waals surface area contributed by atoms with Gasteiger partial charge in [0.2, 0.25) is 0 Å². The molecule has 0 aliphatic heterocycles. The molecule has 0 unspecified atom stereocenters. The number of aryl methyl sites for hydroxylation is 1. The van der Waals surface area contributed by atoms with Crippen LogP contribution in [0, 0.1) is 12.8 Å². The number of aliphatic carboxylic acids is 1. The highest BCUT2D eigenvalue weighted by molar-refractivity contribution is 14.1. The van der Waals surface area contributed by atoms with E-state index in [0.29, 0.717) is 45.9 Å². The summed E-state index contributed by atoms with van der Waals surface area (Å²) in [7, 11) is 1.83. The number of alkyl halides is 1. The van der Waals surface area contributed by atoms with Gasteiger partial charge in [-0.3, -0.25) is 4.79 Å². The summed E-state index contributed by atoms with van der Waals surface area (Å²) in [6.45, 7) is 4.05. The third-order valence-electron chi connectivity index (χ3n) is 7.82. The number of rotatable bonds is 10. The molecule has 2 aliphatic rings. The van der Waals surface area contributed by atoms with E-state index in [1.54, 1.807) is 9.58 Å². The van der Waals surface area contributed by atoms with E-state index in [4.69, 9.17) is 14.5 Å². The van der Waals surface area contributed by atoms with Gasteiger partial charge >= 0.3 is 12.1 Å². The van der Waals surface area contributed by atoms with Gasteiger partial charge in [0.1, 0.15) is 23.7 Å². The number of amides is 1. The molecule has 202 valence electrons. The van der Waals surface area contributed by atoms with Crippen molar-refractivity contribution in [2.24, 2.45) is 5.92 Å². The summed E-state index contributed by atoms with van der Waals surface area (Å²) in [5.74, 6) is -0.484. The molecule has 37 heavy (non-hydrogen) atoms. The van der Waals surface area contributed by atoms with Crippen LogP contribution in [0.15, 0.2) is 12.1 Å². The molecule has 0 spiro atoms. The van der Waals surface area contributed by atoms with Crippen LogP contribution in [0.4, 0.5) is 4.79 Å². The lowest BCUT2D eigenvalue weighted by Crippen LogP contribution is -2.54. The van der Waals surface area contributed by atoms with Gasteiger partial charge in [0.15, 0.2) is 0 Å². The average Bonchev–Trinajstić information content (AvgIpc) is 3.28. The molecule has 2 fully saturated rings. The molecule has 2 heterocycles. The summed E-state index contributed by atoms with van der Waals surface area (Å²) in [6.07, 6.45) is 7.57. The number of carboxylic acids is 1. The van der Waals surface area contributed by atoms with Crippen LogP contribution in [0.25, 0.3) is 11.4 Å². The molecule has 0 bridgehead atoms. The second kappa shape index (κ2) is 12.0. The predicted molar refractivity (Wildman–Crippen MR) is 145 cm³/mol. The fourth-order valence-electron chi connectivity index (χ4n) is 5.46. The molecular weight excluding hydrogens is 589 g/mol. The van der Waals surface area contributed by atoms with E-state index in [9.17, 15) is 14.7 Å². The van der Waals surface area contributed by atoms with E-state index in [2.05, 4.69) is 39.8 Å². The summed E-state index contributed by atoms with van der Waals surface area (Å²) < 4.78 is 14.2. The zero-order valence-electron chi connectivity index (χ0n) is 21.8. The molecule has 2 aromatic heterocycles. The number of nitrogens with zero attached hydrogens (tertiary/aromatic N) is 5. The van der Waals surface area contributed by atoms with Crippen molar-refractivity contribution in [2.45, 2.75) is 94.4 Å². The van der Waals surface area contributed by atoms with E-state index in [-0.39, 0.29) is 30.3 Å². The van der Waals surface area contributed by atoms with Crippen LogP contribution in [0.5, 0.6) is 5.75 Å². The Morgan fingerprint density at radius 2 is 2.05 bits per heavy atom. The summed E-state index contributed by atoms with van der Waals surface area (Å²) >= 11 is 2.20. The highest BCUT2D eigenvalue weighted by atomic mass is 127. The van der Waals surface area contributed by atoms with E-state index < -0.39 is 5.97 Å². The topological polar surface area (TPSA) is 120 Å². The Bertz CT molecular complexity index is 1120. The number of halogens is 1. The van der Waals surface area contributed by atoms with Crippen molar-refractivity contribution in [2.75, 3.05) is 7.05 Å². The van der Waals surface area contributed by atoms with E-state index >= 15 is 0 Å². The largest absolute Gasteiger partial charge is 0.489 e.